The number of hydrogen-bond donors (Lipinski definition) is 1. The highest BCUT2D eigenvalue weighted by Crippen LogP contribution is 2.37. The van der Waals surface area contributed by atoms with Crippen LogP contribution in [0.15, 0.2) is 46.9 Å². The van der Waals surface area contributed by atoms with Crippen molar-refractivity contribution in [2.45, 2.75) is 50.6 Å². The number of nitrogens with zero attached hydrogens (tertiary/aromatic N) is 2. The Morgan fingerprint density at radius 3 is 2.70 bits per heavy atom. The number of oxazole rings is 1. The molecular formula is C26H29N3O4. The normalized spacial score (nSPS) is 21.1. The van der Waals surface area contributed by atoms with E-state index in [1.165, 1.54) is 0 Å². The SMILES string of the molecule is COc1cc(-c2nc3ccccc3o2)ccc1C(=O)N(C)C1CCC(C(=O)NC2(C)CC2)C1. The topological polar surface area (TPSA) is 84.7 Å². The molecule has 1 heterocycles. The minimum absolute atomic E-state index is 0.0132. The zero-order valence-corrected chi connectivity index (χ0v) is 19.3. The van der Waals surface area contributed by atoms with Crippen LogP contribution in [0.1, 0.15) is 49.4 Å². The number of para-hydroxylation sites is 2. The Balaban J connectivity index is 1.31. The van der Waals surface area contributed by atoms with E-state index in [-0.39, 0.29) is 29.3 Å². The highest BCUT2D eigenvalue weighted by atomic mass is 16.5. The number of fused-ring (bicyclic) bond motifs is 1. The van der Waals surface area contributed by atoms with Crippen LogP contribution in [-0.4, -0.2) is 47.4 Å². The molecule has 0 aliphatic heterocycles. The van der Waals surface area contributed by atoms with Gasteiger partial charge in [-0.25, -0.2) is 4.98 Å². The first kappa shape index (κ1) is 21.5. The molecule has 7 nitrogen and oxygen atoms in total. The van der Waals surface area contributed by atoms with Crippen molar-refractivity contribution in [2.75, 3.05) is 14.2 Å². The molecule has 172 valence electrons. The summed E-state index contributed by atoms with van der Waals surface area (Å²) < 4.78 is 11.4. The molecule has 2 atom stereocenters. The number of carbonyl (C=O) groups is 2. The Labute approximate surface area is 193 Å². The lowest BCUT2D eigenvalue weighted by atomic mass is 10.1. The molecule has 0 spiro atoms. The highest BCUT2D eigenvalue weighted by Gasteiger charge is 2.42. The summed E-state index contributed by atoms with van der Waals surface area (Å²) in [4.78, 5) is 32.2. The molecule has 0 radical (unpaired) electrons. The van der Waals surface area contributed by atoms with Gasteiger partial charge in [0, 0.05) is 30.1 Å². The number of aromatic nitrogens is 1. The second kappa shape index (κ2) is 8.21. The molecule has 1 aromatic heterocycles. The summed E-state index contributed by atoms with van der Waals surface area (Å²) in [7, 11) is 3.36. The molecule has 2 saturated carbocycles. The number of hydrogen-bond acceptors (Lipinski definition) is 5. The Bertz CT molecular complexity index is 1180. The minimum Gasteiger partial charge on any atom is -0.496 e. The van der Waals surface area contributed by atoms with Crippen LogP contribution in [-0.2, 0) is 4.79 Å². The van der Waals surface area contributed by atoms with E-state index in [0.29, 0.717) is 29.2 Å². The van der Waals surface area contributed by atoms with Crippen LogP contribution in [0.25, 0.3) is 22.6 Å². The Morgan fingerprint density at radius 2 is 1.97 bits per heavy atom. The van der Waals surface area contributed by atoms with Crippen LogP contribution in [0.3, 0.4) is 0 Å². The number of carbonyl (C=O) groups excluding carboxylic acids is 2. The fraction of sp³-hybridized carbons (Fsp3) is 0.423. The van der Waals surface area contributed by atoms with Crippen molar-refractivity contribution in [3.8, 4) is 17.2 Å². The van der Waals surface area contributed by atoms with Crippen molar-refractivity contribution in [1.82, 2.24) is 15.2 Å². The van der Waals surface area contributed by atoms with Crippen LogP contribution in [0.4, 0.5) is 0 Å². The minimum atomic E-state index is -0.115. The van der Waals surface area contributed by atoms with E-state index in [1.54, 1.807) is 24.1 Å². The number of benzene rings is 2. The van der Waals surface area contributed by atoms with Crippen LogP contribution in [0.2, 0.25) is 0 Å². The molecular weight excluding hydrogens is 418 g/mol. The molecule has 33 heavy (non-hydrogen) atoms. The molecule has 1 N–H and O–H groups in total. The van der Waals surface area contributed by atoms with E-state index < -0.39 is 0 Å². The molecule has 2 unspecified atom stereocenters. The second-order valence-electron chi connectivity index (χ2n) is 9.53. The van der Waals surface area contributed by atoms with Crippen molar-refractivity contribution in [3.05, 3.63) is 48.0 Å². The van der Waals surface area contributed by atoms with Gasteiger partial charge in [0.25, 0.3) is 5.91 Å². The molecule has 0 saturated heterocycles. The number of amides is 2. The van der Waals surface area contributed by atoms with Gasteiger partial charge in [0.15, 0.2) is 5.58 Å². The molecule has 2 aromatic carbocycles. The summed E-state index contributed by atoms with van der Waals surface area (Å²) in [5.74, 6) is 0.928. The van der Waals surface area contributed by atoms with Gasteiger partial charge in [0.1, 0.15) is 11.3 Å². The predicted molar refractivity (Wildman–Crippen MR) is 125 cm³/mol. The van der Waals surface area contributed by atoms with Gasteiger partial charge in [0.05, 0.1) is 12.7 Å². The van der Waals surface area contributed by atoms with Crippen LogP contribution in [0.5, 0.6) is 5.75 Å². The van der Waals surface area contributed by atoms with Crippen molar-refractivity contribution in [1.29, 1.82) is 0 Å². The van der Waals surface area contributed by atoms with Crippen molar-refractivity contribution in [3.63, 3.8) is 0 Å². The van der Waals surface area contributed by atoms with E-state index in [1.807, 2.05) is 37.4 Å². The smallest absolute Gasteiger partial charge is 0.257 e. The van der Waals surface area contributed by atoms with E-state index >= 15 is 0 Å². The van der Waals surface area contributed by atoms with Gasteiger partial charge in [-0.3, -0.25) is 9.59 Å². The fourth-order valence-electron chi connectivity index (χ4n) is 4.61. The fourth-order valence-corrected chi connectivity index (χ4v) is 4.61. The third-order valence-electron chi connectivity index (χ3n) is 7.04. The standard InChI is InChI=1S/C26H29N3O4/c1-26(12-13-26)28-23(30)16-8-10-18(14-16)29(2)25(31)19-11-9-17(15-22(19)32-3)24-27-20-6-4-5-7-21(20)33-24/h4-7,9,11,15-16,18H,8,10,12-14H2,1-3H3,(H,28,30). The van der Waals surface area contributed by atoms with Gasteiger partial charge in [-0.1, -0.05) is 12.1 Å². The van der Waals surface area contributed by atoms with E-state index in [9.17, 15) is 9.59 Å². The van der Waals surface area contributed by atoms with Crippen molar-refractivity contribution in [2.24, 2.45) is 5.92 Å². The molecule has 3 aromatic rings. The van der Waals surface area contributed by atoms with Gasteiger partial charge < -0.3 is 19.4 Å². The third-order valence-corrected chi connectivity index (χ3v) is 7.04. The van der Waals surface area contributed by atoms with Gasteiger partial charge in [-0.05, 0) is 69.4 Å². The number of nitrogens with one attached hydrogen (secondary N) is 1. The number of rotatable bonds is 6. The summed E-state index contributed by atoms with van der Waals surface area (Å²) in [6.45, 7) is 2.09. The van der Waals surface area contributed by atoms with Crippen molar-refractivity contribution >= 4 is 22.9 Å². The average Bonchev–Trinajstić information content (AvgIpc) is 3.23. The Morgan fingerprint density at radius 1 is 1.18 bits per heavy atom. The van der Waals surface area contributed by atoms with Crippen LogP contribution in [0, 0.1) is 5.92 Å². The summed E-state index contributed by atoms with van der Waals surface area (Å²) in [6, 6.07) is 13.0. The van der Waals surface area contributed by atoms with Gasteiger partial charge in [-0.2, -0.15) is 0 Å². The Kier molecular flexibility index (Phi) is 5.35. The maximum atomic E-state index is 13.3. The summed E-state index contributed by atoms with van der Waals surface area (Å²) in [5, 5.41) is 3.16. The summed E-state index contributed by atoms with van der Waals surface area (Å²) in [5.41, 5.74) is 2.70. The van der Waals surface area contributed by atoms with E-state index in [4.69, 9.17) is 9.15 Å². The first-order chi connectivity index (χ1) is 15.9. The lowest BCUT2D eigenvalue weighted by Gasteiger charge is -2.26. The monoisotopic (exact) mass is 447 g/mol. The average molecular weight is 448 g/mol. The zero-order valence-electron chi connectivity index (χ0n) is 19.3. The first-order valence-electron chi connectivity index (χ1n) is 11.5. The van der Waals surface area contributed by atoms with Gasteiger partial charge >= 0.3 is 0 Å². The molecule has 2 fully saturated rings. The summed E-state index contributed by atoms with van der Waals surface area (Å²) >= 11 is 0. The zero-order chi connectivity index (χ0) is 23.2. The molecule has 2 amide bonds. The first-order valence-corrected chi connectivity index (χ1v) is 11.5. The molecule has 7 heteroatoms. The highest BCUT2D eigenvalue weighted by molar-refractivity contribution is 5.97. The molecule has 5 rings (SSSR count). The van der Waals surface area contributed by atoms with Crippen LogP contribution < -0.4 is 10.1 Å². The maximum Gasteiger partial charge on any atom is 0.257 e. The quantitative estimate of drug-likeness (QED) is 0.605. The maximum absolute atomic E-state index is 13.3. The lowest BCUT2D eigenvalue weighted by Crippen LogP contribution is -2.39. The lowest BCUT2D eigenvalue weighted by molar-refractivity contribution is -0.125. The summed E-state index contributed by atoms with van der Waals surface area (Å²) in [6.07, 6.45) is 4.41. The van der Waals surface area contributed by atoms with Gasteiger partial charge in [-0.15, -0.1) is 0 Å². The molecule has 2 aliphatic carbocycles. The van der Waals surface area contributed by atoms with E-state index in [2.05, 4.69) is 17.2 Å². The van der Waals surface area contributed by atoms with Gasteiger partial charge in [0.2, 0.25) is 11.8 Å². The third kappa shape index (κ3) is 4.19. The van der Waals surface area contributed by atoms with E-state index in [0.717, 1.165) is 36.8 Å². The Hall–Kier alpha value is -3.35. The molecule has 2 aliphatic rings. The second-order valence-corrected chi connectivity index (χ2v) is 9.53. The van der Waals surface area contributed by atoms with Crippen LogP contribution >= 0.6 is 0 Å². The number of methoxy groups -OCH3 is 1. The number of ether oxygens (including phenoxy) is 1. The molecule has 0 bridgehead atoms. The predicted octanol–water partition coefficient (Wildman–Crippen LogP) is 4.41. The van der Waals surface area contributed by atoms with Crippen molar-refractivity contribution < 1.29 is 18.7 Å². The largest absolute Gasteiger partial charge is 0.496 e.